The molecule has 3 aromatic rings. The molecule has 0 aliphatic heterocycles. The molecule has 0 spiro atoms. The fourth-order valence-corrected chi connectivity index (χ4v) is 4.20. The molecule has 1 atom stereocenters. The Labute approximate surface area is 189 Å². The molecule has 0 bridgehead atoms. The molecule has 2 N–H and O–H groups in total. The number of carbonyl (C=O) groups is 1. The summed E-state index contributed by atoms with van der Waals surface area (Å²) in [5.74, 6) is 0.446. The van der Waals surface area contributed by atoms with Crippen molar-refractivity contribution in [1.29, 1.82) is 0 Å². The van der Waals surface area contributed by atoms with Gasteiger partial charge >= 0.3 is 5.97 Å². The van der Waals surface area contributed by atoms with Crippen molar-refractivity contribution < 1.29 is 19.7 Å². The molecule has 0 fully saturated rings. The van der Waals surface area contributed by atoms with Crippen molar-refractivity contribution in [2.45, 2.75) is 47.5 Å². The molecular weight excluding hydrogens is 400 g/mol. The van der Waals surface area contributed by atoms with E-state index in [0.29, 0.717) is 11.5 Å². The van der Waals surface area contributed by atoms with E-state index in [2.05, 4.69) is 6.58 Å². The maximum atomic E-state index is 11.7. The predicted octanol–water partition coefficient (Wildman–Crippen LogP) is 6.22. The first-order valence-electron chi connectivity index (χ1n) is 10.6. The van der Waals surface area contributed by atoms with Crippen molar-refractivity contribution in [1.82, 2.24) is 0 Å². The first kappa shape index (κ1) is 23.1. The minimum atomic E-state index is -0.494. The number of hydrogen-bond acceptors (Lipinski definition) is 4. The number of hydrogen-bond donors (Lipinski definition) is 2. The Hall–Kier alpha value is -3.53. The number of benzene rings is 3. The lowest BCUT2D eigenvalue weighted by Gasteiger charge is -2.25. The molecule has 0 amide bonds. The van der Waals surface area contributed by atoms with E-state index in [1.165, 1.54) is 0 Å². The highest BCUT2D eigenvalue weighted by Gasteiger charge is 2.24. The van der Waals surface area contributed by atoms with Gasteiger partial charge in [-0.05, 0) is 104 Å². The van der Waals surface area contributed by atoms with Crippen LogP contribution in [0.3, 0.4) is 0 Å². The van der Waals surface area contributed by atoms with Crippen LogP contribution in [0.15, 0.2) is 49.1 Å². The summed E-state index contributed by atoms with van der Waals surface area (Å²) in [4.78, 5) is 11.7. The maximum absolute atomic E-state index is 11.7. The van der Waals surface area contributed by atoms with Gasteiger partial charge in [-0.2, -0.15) is 0 Å². The van der Waals surface area contributed by atoms with Crippen LogP contribution in [0.1, 0.15) is 56.0 Å². The number of esters is 1. The molecule has 4 heteroatoms. The van der Waals surface area contributed by atoms with Crippen molar-refractivity contribution in [3.8, 4) is 17.2 Å². The highest BCUT2D eigenvalue weighted by atomic mass is 16.5. The second-order valence-corrected chi connectivity index (χ2v) is 8.53. The Morgan fingerprint density at radius 3 is 1.88 bits per heavy atom. The molecule has 1 unspecified atom stereocenters. The van der Waals surface area contributed by atoms with Crippen LogP contribution in [0.25, 0.3) is 0 Å². The van der Waals surface area contributed by atoms with Gasteiger partial charge in [-0.3, -0.25) is 0 Å². The molecular formula is C28H30O4. The lowest BCUT2D eigenvalue weighted by molar-refractivity contribution is -0.129. The van der Waals surface area contributed by atoms with E-state index in [-0.39, 0.29) is 11.7 Å². The minimum absolute atomic E-state index is 0.129. The lowest BCUT2D eigenvalue weighted by atomic mass is 9.79. The second-order valence-electron chi connectivity index (χ2n) is 8.53. The van der Waals surface area contributed by atoms with Crippen molar-refractivity contribution in [2.75, 3.05) is 0 Å². The number of rotatable bonds is 5. The van der Waals surface area contributed by atoms with Crippen LogP contribution in [-0.2, 0) is 4.79 Å². The Morgan fingerprint density at radius 2 is 1.31 bits per heavy atom. The largest absolute Gasteiger partial charge is 0.508 e. The van der Waals surface area contributed by atoms with Crippen LogP contribution in [0.2, 0.25) is 0 Å². The molecule has 0 aliphatic carbocycles. The van der Waals surface area contributed by atoms with Gasteiger partial charge in [-0.15, -0.1) is 0 Å². The maximum Gasteiger partial charge on any atom is 0.335 e. The number of phenolic OH excluding ortho intramolecular Hbond substituents is 2. The zero-order valence-electron chi connectivity index (χ0n) is 19.5. The third-order valence-corrected chi connectivity index (χ3v) is 5.99. The summed E-state index contributed by atoms with van der Waals surface area (Å²) < 4.78 is 5.41. The van der Waals surface area contributed by atoms with E-state index >= 15 is 0 Å². The zero-order valence-corrected chi connectivity index (χ0v) is 19.5. The molecule has 0 aromatic heterocycles. The first-order chi connectivity index (χ1) is 15.0. The molecule has 0 aliphatic rings. The van der Waals surface area contributed by atoms with Gasteiger partial charge in [0.1, 0.15) is 17.2 Å². The summed E-state index contributed by atoms with van der Waals surface area (Å²) in [6.07, 6.45) is 1.15. The molecule has 3 rings (SSSR count). The van der Waals surface area contributed by atoms with E-state index in [9.17, 15) is 15.0 Å². The molecule has 0 heterocycles. The Balaban J connectivity index is 2.29. The van der Waals surface area contributed by atoms with E-state index in [1.54, 1.807) is 6.07 Å². The van der Waals surface area contributed by atoms with Gasteiger partial charge in [0.05, 0.1) is 0 Å². The zero-order chi connectivity index (χ0) is 23.7. The normalized spacial score (nSPS) is 11.8. The number of aryl methyl sites for hydroxylation is 6. The number of carbonyl (C=O) groups excluding carboxylic acids is 1. The SMILES string of the molecule is C=CC(=O)Oc1cc(C)c(C(c2cc(C)c(O)c(C)c2)c2cc(C)c(O)cc2C)cc1C. The summed E-state index contributed by atoms with van der Waals surface area (Å²) in [6.45, 7) is 15.0. The number of phenols is 2. The van der Waals surface area contributed by atoms with E-state index in [0.717, 1.165) is 56.1 Å². The van der Waals surface area contributed by atoms with Gasteiger partial charge < -0.3 is 14.9 Å². The molecule has 166 valence electrons. The Bertz CT molecular complexity index is 1200. The molecule has 3 aromatic carbocycles. The summed E-state index contributed by atoms with van der Waals surface area (Å²) in [6, 6.07) is 11.8. The van der Waals surface area contributed by atoms with Crippen molar-refractivity contribution >= 4 is 5.97 Å². The van der Waals surface area contributed by atoms with E-state index in [4.69, 9.17) is 4.74 Å². The van der Waals surface area contributed by atoms with Crippen LogP contribution in [0.4, 0.5) is 0 Å². The van der Waals surface area contributed by atoms with Gasteiger partial charge in [0.25, 0.3) is 0 Å². The topological polar surface area (TPSA) is 66.8 Å². The standard InChI is InChI=1S/C28H30O4/c1-8-26(30)32-25-14-16(3)23(12-18(25)5)27(21-9-19(6)28(31)20(7)10-21)22-11-17(4)24(29)13-15(22)2/h8-14,27,29,31H,1H2,2-7H3. The van der Waals surface area contributed by atoms with Crippen LogP contribution >= 0.6 is 0 Å². The molecule has 0 radical (unpaired) electrons. The highest BCUT2D eigenvalue weighted by molar-refractivity contribution is 5.83. The van der Waals surface area contributed by atoms with E-state index in [1.807, 2.05) is 71.9 Å². The third kappa shape index (κ3) is 4.40. The monoisotopic (exact) mass is 430 g/mol. The Kier molecular flexibility index (Phi) is 6.45. The van der Waals surface area contributed by atoms with Crippen LogP contribution in [0, 0.1) is 41.5 Å². The molecule has 0 saturated heterocycles. The van der Waals surface area contributed by atoms with Gasteiger partial charge in [0.15, 0.2) is 0 Å². The van der Waals surface area contributed by atoms with Crippen LogP contribution in [0.5, 0.6) is 17.2 Å². The smallest absolute Gasteiger partial charge is 0.335 e. The quantitative estimate of drug-likeness (QED) is 0.218. The third-order valence-electron chi connectivity index (χ3n) is 5.99. The Morgan fingerprint density at radius 1 is 0.781 bits per heavy atom. The van der Waals surface area contributed by atoms with Gasteiger partial charge in [0, 0.05) is 12.0 Å². The lowest BCUT2D eigenvalue weighted by Crippen LogP contribution is -2.10. The minimum Gasteiger partial charge on any atom is -0.508 e. The predicted molar refractivity (Wildman–Crippen MR) is 128 cm³/mol. The summed E-state index contributed by atoms with van der Waals surface area (Å²) in [5, 5.41) is 20.6. The van der Waals surface area contributed by atoms with Gasteiger partial charge in [-0.1, -0.05) is 30.8 Å². The fourth-order valence-electron chi connectivity index (χ4n) is 4.20. The molecule has 4 nitrogen and oxygen atoms in total. The number of ether oxygens (including phenoxy) is 1. The van der Waals surface area contributed by atoms with Crippen molar-refractivity contribution in [3.05, 3.63) is 99.1 Å². The summed E-state index contributed by atoms with van der Waals surface area (Å²) in [7, 11) is 0. The summed E-state index contributed by atoms with van der Waals surface area (Å²) in [5.41, 5.74) is 8.39. The van der Waals surface area contributed by atoms with Crippen molar-refractivity contribution in [2.24, 2.45) is 0 Å². The first-order valence-corrected chi connectivity index (χ1v) is 10.6. The average Bonchev–Trinajstić information content (AvgIpc) is 2.73. The molecule has 0 saturated carbocycles. The van der Waals surface area contributed by atoms with E-state index < -0.39 is 5.97 Å². The summed E-state index contributed by atoms with van der Waals surface area (Å²) >= 11 is 0. The van der Waals surface area contributed by atoms with Gasteiger partial charge in [-0.25, -0.2) is 4.79 Å². The van der Waals surface area contributed by atoms with Crippen LogP contribution in [-0.4, -0.2) is 16.2 Å². The second kappa shape index (κ2) is 8.91. The molecule has 32 heavy (non-hydrogen) atoms. The van der Waals surface area contributed by atoms with Crippen molar-refractivity contribution in [3.63, 3.8) is 0 Å². The highest BCUT2D eigenvalue weighted by Crippen LogP contribution is 2.41. The fraction of sp³-hybridized carbons (Fsp3) is 0.250. The number of aromatic hydroxyl groups is 2. The van der Waals surface area contributed by atoms with Gasteiger partial charge in [0.2, 0.25) is 0 Å². The average molecular weight is 431 g/mol. The van der Waals surface area contributed by atoms with Crippen LogP contribution < -0.4 is 4.74 Å².